The van der Waals surface area contributed by atoms with Crippen molar-refractivity contribution < 1.29 is 28.2 Å². The molecule has 1 amide bonds. The van der Waals surface area contributed by atoms with E-state index in [0.29, 0.717) is 0 Å². The topological polar surface area (TPSA) is 112 Å². The summed E-state index contributed by atoms with van der Waals surface area (Å²) in [4.78, 5) is 23.5. The number of likely N-dealkylation sites (tertiary alicyclic amines) is 1. The summed E-state index contributed by atoms with van der Waals surface area (Å²) < 4.78 is 21.8. The number of hydrogen-bond acceptors (Lipinski definition) is 5. The highest BCUT2D eigenvalue weighted by Gasteiger charge is 2.38. The number of carboxylic acid groups (broad SMARTS) is 1. The molecule has 1 saturated heterocycles. The summed E-state index contributed by atoms with van der Waals surface area (Å²) in [6, 6.07) is -1.06. The normalized spacial score (nSPS) is 24.9. The Hall–Kier alpha value is -1.15. The maximum atomic E-state index is 11.6. The SMILES string of the molecule is CS(=O)(=O)CCC(=O)N1CC(O)C[C@H]1C(=O)O. The Balaban J connectivity index is 2.65. The van der Waals surface area contributed by atoms with Gasteiger partial charge in [0.15, 0.2) is 0 Å². The largest absolute Gasteiger partial charge is 0.480 e. The Morgan fingerprint density at radius 2 is 2.00 bits per heavy atom. The number of nitrogens with zero attached hydrogens (tertiary/aromatic N) is 1. The summed E-state index contributed by atoms with van der Waals surface area (Å²) in [7, 11) is -3.26. The second-order valence-electron chi connectivity index (χ2n) is 4.17. The van der Waals surface area contributed by atoms with Gasteiger partial charge in [-0.15, -0.1) is 0 Å². The van der Waals surface area contributed by atoms with Crippen LogP contribution in [0.15, 0.2) is 0 Å². The number of rotatable bonds is 4. The van der Waals surface area contributed by atoms with Gasteiger partial charge in [0.1, 0.15) is 15.9 Å². The summed E-state index contributed by atoms with van der Waals surface area (Å²) in [5, 5.41) is 18.2. The highest BCUT2D eigenvalue weighted by atomic mass is 32.2. The lowest BCUT2D eigenvalue weighted by atomic mass is 10.2. The molecule has 1 aliphatic heterocycles. The minimum atomic E-state index is -3.26. The molecule has 0 aliphatic carbocycles. The van der Waals surface area contributed by atoms with Crippen LogP contribution in [0, 0.1) is 0 Å². The molecule has 98 valence electrons. The lowest BCUT2D eigenvalue weighted by Crippen LogP contribution is -2.41. The molecule has 0 saturated carbocycles. The molecule has 2 N–H and O–H groups in total. The predicted octanol–water partition coefficient (Wildman–Crippen LogP) is -1.53. The van der Waals surface area contributed by atoms with E-state index >= 15 is 0 Å². The van der Waals surface area contributed by atoms with Crippen LogP contribution in [0.3, 0.4) is 0 Å². The molecule has 1 fully saturated rings. The molecule has 1 rings (SSSR count). The van der Waals surface area contributed by atoms with Gasteiger partial charge in [-0.1, -0.05) is 0 Å². The Morgan fingerprint density at radius 3 is 2.47 bits per heavy atom. The van der Waals surface area contributed by atoms with Crippen molar-refractivity contribution in [3.05, 3.63) is 0 Å². The van der Waals surface area contributed by atoms with Crippen LogP contribution in [0.1, 0.15) is 12.8 Å². The van der Waals surface area contributed by atoms with Crippen molar-refractivity contribution in [3.63, 3.8) is 0 Å². The Labute approximate surface area is 98.9 Å². The van der Waals surface area contributed by atoms with E-state index in [1.54, 1.807) is 0 Å². The Bertz CT molecular complexity index is 417. The standard InChI is InChI=1S/C9H15NO6S/c1-17(15,16)3-2-8(12)10-5-6(11)4-7(10)9(13)14/h6-7,11H,2-5H2,1H3,(H,13,14)/t6?,7-/m0/s1. The Kier molecular flexibility index (Phi) is 4.10. The summed E-state index contributed by atoms with van der Waals surface area (Å²) in [5.41, 5.74) is 0. The lowest BCUT2D eigenvalue weighted by molar-refractivity contribution is -0.148. The van der Waals surface area contributed by atoms with Gasteiger partial charge in [-0.3, -0.25) is 4.79 Å². The van der Waals surface area contributed by atoms with Gasteiger partial charge in [0.2, 0.25) is 5.91 Å². The van der Waals surface area contributed by atoms with E-state index in [-0.39, 0.29) is 25.1 Å². The molecule has 0 bridgehead atoms. The molecule has 0 aromatic heterocycles. The second kappa shape index (κ2) is 5.01. The molecule has 1 heterocycles. The quantitative estimate of drug-likeness (QED) is 0.637. The fraction of sp³-hybridized carbons (Fsp3) is 0.778. The van der Waals surface area contributed by atoms with E-state index in [9.17, 15) is 23.1 Å². The molecule has 0 spiro atoms. The zero-order chi connectivity index (χ0) is 13.2. The van der Waals surface area contributed by atoms with E-state index in [1.807, 2.05) is 0 Å². The van der Waals surface area contributed by atoms with Gasteiger partial charge in [-0.05, 0) is 0 Å². The maximum Gasteiger partial charge on any atom is 0.326 e. The summed E-state index contributed by atoms with van der Waals surface area (Å²) in [6.07, 6.45) is -0.124. The van der Waals surface area contributed by atoms with Gasteiger partial charge in [-0.2, -0.15) is 0 Å². The van der Waals surface area contributed by atoms with E-state index in [2.05, 4.69) is 0 Å². The minimum Gasteiger partial charge on any atom is -0.480 e. The number of carboxylic acids is 1. The highest BCUT2D eigenvalue weighted by molar-refractivity contribution is 7.90. The van der Waals surface area contributed by atoms with Crippen molar-refractivity contribution in [2.75, 3.05) is 18.6 Å². The molecule has 1 aliphatic rings. The average molecular weight is 265 g/mol. The van der Waals surface area contributed by atoms with Crippen LogP contribution in [0.2, 0.25) is 0 Å². The summed E-state index contributed by atoms with van der Waals surface area (Å²) >= 11 is 0. The number of sulfone groups is 1. The van der Waals surface area contributed by atoms with Gasteiger partial charge in [0.25, 0.3) is 0 Å². The van der Waals surface area contributed by atoms with Crippen molar-refractivity contribution >= 4 is 21.7 Å². The van der Waals surface area contributed by atoms with Gasteiger partial charge in [0, 0.05) is 25.6 Å². The Morgan fingerprint density at radius 1 is 1.41 bits per heavy atom. The molecule has 0 radical (unpaired) electrons. The average Bonchev–Trinajstić information content (AvgIpc) is 2.55. The molecule has 0 aromatic carbocycles. The third kappa shape index (κ3) is 3.97. The van der Waals surface area contributed by atoms with Gasteiger partial charge in [0.05, 0.1) is 11.9 Å². The fourth-order valence-electron chi connectivity index (χ4n) is 1.74. The van der Waals surface area contributed by atoms with Crippen molar-refractivity contribution in [1.82, 2.24) is 4.90 Å². The molecular formula is C9H15NO6S. The molecule has 7 nitrogen and oxygen atoms in total. The van der Waals surface area contributed by atoms with Crippen LogP contribution in [0.4, 0.5) is 0 Å². The first-order chi connectivity index (χ1) is 7.70. The number of aliphatic carboxylic acids is 1. The monoisotopic (exact) mass is 265 g/mol. The fourth-order valence-corrected chi connectivity index (χ4v) is 2.29. The summed E-state index contributed by atoms with van der Waals surface area (Å²) in [5.74, 6) is -2.06. The van der Waals surface area contributed by atoms with Crippen molar-refractivity contribution in [2.24, 2.45) is 0 Å². The first-order valence-electron chi connectivity index (χ1n) is 5.09. The van der Waals surface area contributed by atoms with E-state index in [0.717, 1.165) is 11.2 Å². The third-order valence-electron chi connectivity index (χ3n) is 2.57. The molecule has 17 heavy (non-hydrogen) atoms. The van der Waals surface area contributed by atoms with E-state index < -0.39 is 33.9 Å². The van der Waals surface area contributed by atoms with Crippen molar-refractivity contribution in [3.8, 4) is 0 Å². The van der Waals surface area contributed by atoms with Gasteiger partial charge >= 0.3 is 5.97 Å². The smallest absolute Gasteiger partial charge is 0.326 e. The number of aliphatic hydroxyl groups excluding tert-OH is 1. The zero-order valence-electron chi connectivity index (χ0n) is 9.37. The minimum absolute atomic E-state index is 0.0139. The number of amides is 1. The highest BCUT2D eigenvalue weighted by Crippen LogP contribution is 2.19. The van der Waals surface area contributed by atoms with Crippen LogP contribution >= 0.6 is 0 Å². The lowest BCUT2D eigenvalue weighted by Gasteiger charge is -2.20. The third-order valence-corrected chi connectivity index (χ3v) is 3.52. The molecule has 8 heteroatoms. The van der Waals surface area contributed by atoms with E-state index in [1.165, 1.54) is 0 Å². The van der Waals surface area contributed by atoms with Crippen LogP contribution in [0.5, 0.6) is 0 Å². The first-order valence-corrected chi connectivity index (χ1v) is 7.15. The van der Waals surface area contributed by atoms with Crippen LogP contribution in [-0.4, -0.2) is 66.1 Å². The molecule has 0 aromatic rings. The number of carbonyl (C=O) groups is 2. The molecular weight excluding hydrogens is 250 g/mol. The van der Waals surface area contributed by atoms with Gasteiger partial charge in [-0.25, -0.2) is 13.2 Å². The number of hydrogen-bond donors (Lipinski definition) is 2. The zero-order valence-corrected chi connectivity index (χ0v) is 10.2. The number of aliphatic hydroxyl groups is 1. The predicted molar refractivity (Wildman–Crippen MR) is 58.1 cm³/mol. The summed E-state index contributed by atoms with van der Waals surface area (Å²) in [6.45, 7) is -0.0560. The van der Waals surface area contributed by atoms with E-state index in [4.69, 9.17) is 5.11 Å². The molecule has 1 unspecified atom stereocenters. The van der Waals surface area contributed by atoms with Crippen LogP contribution in [0.25, 0.3) is 0 Å². The number of β-amino-alcohol motifs (C(OH)–C–C–N with tert-alkyl or cyclic N) is 1. The van der Waals surface area contributed by atoms with Crippen molar-refractivity contribution in [2.45, 2.75) is 25.0 Å². The number of carbonyl (C=O) groups excluding carboxylic acids is 1. The maximum absolute atomic E-state index is 11.6. The molecule has 2 atom stereocenters. The van der Waals surface area contributed by atoms with Crippen LogP contribution in [-0.2, 0) is 19.4 Å². The van der Waals surface area contributed by atoms with Crippen molar-refractivity contribution in [1.29, 1.82) is 0 Å². The second-order valence-corrected chi connectivity index (χ2v) is 6.43. The van der Waals surface area contributed by atoms with Crippen LogP contribution < -0.4 is 0 Å². The first kappa shape index (κ1) is 13.9. The van der Waals surface area contributed by atoms with Gasteiger partial charge < -0.3 is 15.1 Å².